The topological polar surface area (TPSA) is 15.3 Å². The van der Waals surface area contributed by atoms with Gasteiger partial charge in [-0.05, 0) is 58.4 Å². The molecule has 1 heterocycles. The van der Waals surface area contributed by atoms with Crippen molar-refractivity contribution in [3.63, 3.8) is 0 Å². The molecule has 0 unspecified atom stereocenters. The lowest BCUT2D eigenvalue weighted by molar-refractivity contribution is 0.430. The third-order valence-corrected chi connectivity index (χ3v) is 4.76. The highest BCUT2D eigenvalue weighted by atomic mass is 15.2. The van der Waals surface area contributed by atoms with Crippen LogP contribution in [-0.4, -0.2) is 18.1 Å². The summed E-state index contributed by atoms with van der Waals surface area (Å²) in [5, 5.41) is 3.83. The van der Waals surface area contributed by atoms with Gasteiger partial charge >= 0.3 is 0 Å². The smallest absolute Gasteiger partial charge is 0.0469 e. The van der Waals surface area contributed by atoms with Crippen LogP contribution in [0.4, 0.5) is 11.4 Å². The highest BCUT2D eigenvalue weighted by molar-refractivity contribution is 5.63. The van der Waals surface area contributed by atoms with Gasteiger partial charge in [0.1, 0.15) is 0 Å². The number of rotatable bonds is 4. The van der Waals surface area contributed by atoms with E-state index < -0.39 is 0 Å². The van der Waals surface area contributed by atoms with Crippen molar-refractivity contribution in [3.8, 4) is 0 Å². The van der Waals surface area contributed by atoms with E-state index in [9.17, 15) is 0 Å². The van der Waals surface area contributed by atoms with E-state index in [1.54, 1.807) is 5.57 Å². The molecule has 2 aromatic rings. The number of hydrogen-bond acceptors (Lipinski definition) is 2. The Morgan fingerprint density at radius 1 is 0.958 bits per heavy atom. The molecule has 0 saturated carbocycles. The molecule has 0 bridgehead atoms. The Balaban J connectivity index is 1.94. The van der Waals surface area contributed by atoms with E-state index >= 15 is 0 Å². The van der Waals surface area contributed by atoms with Gasteiger partial charge in [-0.2, -0.15) is 0 Å². The minimum absolute atomic E-state index is 0.163. The standard InChI is InChI=1S/C22H28N2/c1-17(2)20-15-22(3,4)23-21(20)16-24(18-11-7-5-8-12-18)19-13-9-6-10-14-19/h5-14,21,23H,15-16H2,1-4H3/t21-/m1/s1. The summed E-state index contributed by atoms with van der Waals surface area (Å²) in [6.07, 6.45) is 1.12. The van der Waals surface area contributed by atoms with E-state index in [-0.39, 0.29) is 5.54 Å². The Kier molecular flexibility index (Phi) is 4.77. The van der Waals surface area contributed by atoms with Crippen LogP contribution in [0.25, 0.3) is 0 Å². The van der Waals surface area contributed by atoms with Crippen molar-refractivity contribution in [1.29, 1.82) is 0 Å². The van der Waals surface area contributed by atoms with E-state index in [2.05, 4.69) is 98.6 Å². The maximum Gasteiger partial charge on any atom is 0.0469 e. The molecule has 1 atom stereocenters. The van der Waals surface area contributed by atoms with E-state index in [4.69, 9.17) is 0 Å². The van der Waals surface area contributed by atoms with E-state index in [0.29, 0.717) is 6.04 Å². The predicted octanol–water partition coefficient (Wildman–Crippen LogP) is 5.30. The second-order valence-corrected chi connectivity index (χ2v) is 7.56. The monoisotopic (exact) mass is 320 g/mol. The Morgan fingerprint density at radius 3 is 1.92 bits per heavy atom. The average Bonchev–Trinajstić information content (AvgIpc) is 2.89. The van der Waals surface area contributed by atoms with Crippen LogP contribution in [0.5, 0.6) is 0 Å². The van der Waals surface area contributed by atoms with Gasteiger partial charge in [0.25, 0.3) is 0 Å². The first-order valence-electron chi connectivity index (χ1n) is 8.78. The van der Waals surface area contributed by atoms with Crippen LogP contribution in [0.3, 0.4) is 0 Å². The van der Waals surface area contributed by atoms with Crippen molar-refractivity contribution in [2.45, 2.75) is 45.7 Å². The first-order chi connectivity index (χ1) is 11.5. The summed E-state index contributed by atoms with van der Waals surface area (Å²) < 4.78 is 0. The molecule has 24 heavy (non-hydrogen) atoms. The van der Waals surface area contributed by atoms with E-state index in [1.807, 2.05) is 0 Å². The number of hydrogen-bond donors (Lipinski definition) is 1. The first kappa shape index (κ1) is 16.8. The van der Waals surface area contributed by atoms with Gasteiger partial charge in [0.15, 0.2) is 0 Å². The van der Waals surface area contributed by atoms with Crippen LogP contribution in [0, 0.1) is 0 Å². The van der Waals surface area contributed by atoms with Crippen LogP contribution >= 0.6 is 0 Å². The Labute approximate surface area is 146 Å². The number of nitrogens with zero attached hydrogens (tertiary/aromatic N) is 1. The van der Waals surface area contributed by atoms with Crippen LogP contribution < -0.4 is 10.2 Å². The SMILES string of the molecule is CC(C)=C1CC(C)(C)N[C@@H]1CN(c1ccccc1)c1ccccc1. The van der Waals surface area contributed by atoms with Crippen LogP contribution in [0.2, 0.25) is 0 Å². The lowest BCUT2D eigenvalue weighted by Gasteiger charge is -2.30. The molecule has 0 radical (unpaired) electrons. The van der Waals surface area contributed by atoms with Gasteiger partial charge in [0.2, 0.25) is 0 Å². The molecule has 0 amide bonds. The van der Waals surface area contributed by atoms with Crippen molar-refractivity contribution in [2.24, 2.45) is 0 Å². The summed E-state index contributed by atoms with van der Waals surface area (Å²) in [5.74, 6) is 0. The molecule has 126 valence electrons. The highest BCUT2D eigenvalue weighted by Gasteiger charge is 2.35. The maximum atomic E-state index is 3.83. The normalized spacial score (nSPS) is 19.3. The van der Waals surface area contributed by atoms with Crippen LogP contribution in [0.15, 0.2) is 71.8 Å². The molecule has 2 nitrogen and oxygen atoms in total. The van der Waals surface area contributed by atoms with Crippen molar-refractivity contribution >= 4 is 11.4 Å². The summed E-state index contributed by atoms with van der Waals surface area (Å²) in [6.45, 7) is 10.0. The van der Waals surface area contributed by atoms with Gasteiger partial charge < -0.3 is 10.2 Å². The number of allylic oxidation sites excluding steroid dienone is 1. The van der Waals surface area contributed by atoms with E-state index in [1.165, 1.54) is 16.9 Å². The second-order valence-electron chi connectivity index (χ2n) is 7.56. The number of nitrogens with one attached hydrogen (secondary N) is 1. The third-order valence-electron chi connectivity index (χ3n) is 4.76. The fourth-order valence-corrected chi connectivity index (χ4v) is 3.65. The quantitative estimate of drug-likeness (QED) is 0.769. The molecule has 1 N–H and O–H groups in total. The highest BCUT2D eigenvalue weighted by Crippen LogP contribution is 2.33. The minimum Gasteiger partial charge on any atom is -0.340 e. The van der Waals surface area contributed by atoms with Gasteiger partial charge in [0.05, 0.1) is 0 Å². The van der Waals surface area contributed by atoms with Crippen molar-refractivity contribution in [3.05, 3.63) is 71.8 Å². The summed E-state index contributed by atoms with van der Waals surface area (Å²) in [7, 11) is 0. The minimum atomic E-state index is 0.163. The molecule has 1 fully saturated rings. The van der Waals surface area contributed by atoms with E-state index in [0.717, 1.165) is 13.0 Å². The summed E-state index contributed by atoms with van der Waals surface area (Å²) in [5.41, 5.74) is 5.64. The number of para-hydroxylation sites is 2. The van der Waals surface area contributed by atoms with Gasteiger partial charge in [-0.15, -0.1) is 0 Å². The molecule has 0 aromatic heterocycles. The lowest BCUT2D eigenvalue weighted by atomic mass is 9.96. The molecule has 0 aliphatic carbocycles. The summed E-state index contributed by atoms with van der Waals surface area (Å²) >= 11 is 0. The van der Waals surface area contributed by atoms with Gasteiger partial charge in [-0.25, -0.2) is 0 Å². The van der Waals surface area contributed by atoms with Crippen molar-refractivity contribution < 1.29 is 0 Å². The molecular weight excluding hydrogens is 292 g/mol. The van der Waals surface area contributed by atoms with Gasteiger partial charge in [-0.3, -0.25) is 0 Å². The molecule has 1 aliphatic rings. The molecule has 2 aromatic carbocycles. The Hall–Kier alpha value is -2.06. The van der Waals surface area contributed by atoms with Crippen molar-refractivity contribution in [1.82, 2.24) is 5.32 Å². The molecule has 0 spiro atoms. The molecular formula is C22H28N2. The third kappa shape index (κ3) is 3.70. The zero-order valence-corrected chi connectivity index (χ0v) is 15.2. The molecule has 1 saturated heterocycles. The predicted molar refractivity (Wildman–Crippen MR) is 104 cm³/mol. The second kappa shape index (κ2) is 6.82. The summed E-state index contributed by atoms with van der Waals surface area (Å²) in [6, 6.07) is 21.7. The fourth-order valence-electron chi connectivity index (χ4n) is 3.65. The van der Waals surface area contributed by atoms with Crippen LogP contribution in [-0.2, 0) is 0 Å². The zero-order valence-electron chi connectivity index (χ0n) is 15.2. The fraction of sp³-hybridized carbons (Fsp3) is 0.364. The molecule has 3 rings (SSSR count). The van der Waals surface area contributed by atoms with Gasteiger partial charge in [0, 0.05) is 29.5 Å². The van der Waals surface area contributed by atoms with Gasteiger partial charge in [-0.1, -0.05) is 47.5 Å². The van der Waals surface area contributed by atoms with Crippen LogP contribution in [0.1, 0.15) is 34.1 Å². The lowest BCUT2D eigenvalue weighted by Crippen LogP contribution is -2.43. The largest absolute Gasteiger partial charge is 0.340 e. The number of anilines is 2. The molecule has 2 heteroatoms. The Bertz CT molecular complexity index is 658. The average molecular weight is 320 g/mol. The first-order valence-corrected chi connectivity index (χ1v) is 8.78. The zero-order chi connectivity index (χ0) is 17.2. The Morgan fingerprint density at radius 2 is 1.46 bits per heavy atom. The molecule has 1 aliphatic heterocycles. The summed E-state index contributed by atoms with van der Waals surface area (Å²) in [4.78, 5) is 2.42. The number of benzene rings is 2. The maximum absolute atomic E-state index is 3.83. The van der Waals surface area contributed by atoms with Crippen molar-refractivity contribution in [2.75, 3.05) is 11.4 Å².